The number of carboxylic acids is 1. The maximum Gasteiger partial charge on any atom is 0.341 e. The molecule has 5 heteroatoms. The van der Waals surface area contributed by atoms with Crippen LogP contribution in [0.25, 0.3) is 0 Å². The average Bonchev–Trinajstić information content (AvgIpc) is 2.68. The third kappa shape index (κ3) is 6.44. The molecule has 2 aromatic carbocycles. The summed E-state index contributed by atoms with van der Waals surface area (Å²) in [6.07, 6.45) is 1.64. The van der Waals surface area contributed by atoms with Gasteiger partial charge in [0, 0.05) is 6.54 Å². The van der Waals surface area contributed by atoms with Gasteiger partial charge in [-0.15, -0.1) is 0 Å². The van der Waals surface area contributed by atoms with Crippen LogP contribution in [-0.2, 0) is 16.0 Å². The second-order valence-electron chi connectivity index (χ2n) is 6.64. The molecular weight excluding hydrogens is 342 g/mol. The van der Waals surface area contributed by atoms with Crippen LogP contribution in [-0.4, -0.2) is 30.1 Å². The van der Waals surface area contributed by atoms with Crippen LogP contribution in [0, 0.1) is 5.92 Å². The number of amides is 1. The Morgan fingerprint density at radius 3 is 2.33 bits per heavy atom. The molecule has 0 aliphatic carbocycles. The van der Waals surface area contributed by atoms with Gasteiger partial charge in [-0.3, -0.25) is 4.79 Å². The number of ether oxygens (including phenoxy) is 1. The van der Waals surface area contributed by atoms with E-state index in [9.17, 15) is 9.59 Å². The van der Waals surface area contributed by atoms with Crippen molar-refractivity contribution in [2.75, 3.05) is 13.2 Å². The van der Waals surface area contributed by atoms with Crippen LogP contribution in [0.5, 0.6) is 5.75 Å². The maximum atomic E-state index is 12.8. The zero-order valence-electron chi connectivity index (χ0n) is 15.9. The molecule has 27 heavy (non-hydrogen) atoms. The van der Waals surface area contributed by atoms with Gasteiger partial charge in [-0.05, 0) is 35.6 Å². The molecule has 0 heterocycles. The Hall–Kier alpha value is -2.82. The molecule has 2 atom stereocenters. The van der Waals surface area contributed by atoms with Crippen LogP contribution in [0.4, 0.5) is 0 Å². The highest BCUT2D eigenvalue weighted by Crippen LogP contribution is 2.27. The maximum absolute atomic E-state index is 12.8. The van der Waals surface area contributed by atoms with Crippen molar-refractivity contribution in [3.05, 3.63) is 65.7 Å². The van der Waals surface area contributed by atoms with Crippen LogP contribution in [0.1, 0.15) is 37.3 Å². The first kappa shape index (κ1) is 20.5. The minimum Gasteiger partial charge on any atom is -0.482 e. The van der Waals surface area contributed by atoms with Crippen LogP contribution in [0.15, 0.2) is 54.6 Å². The summed E-state index contributed by atoms with van der Waals surface area (Å²) in [4.78, 5) is 23.3. The summed E-state index contributed by atoms with van der Waals surface area (Å²) < 4.78 is 5.11. The van der Waals surface area contributed by atoms with E-state index in [1.807, 2.05) is 42.5 Å². The first-order valence-corrected chi connectivity index (χ1v) is 9.27. The van der Waals surface area contributed by atoms with Crippen LogP contribution in [0.3, 0.4) is 0 Å². The fraction of sp³-hybridized carbons (Fsp3) is 0.364. The predicted molar refractivity (Wildman–Crippen MR) is 105 cm³/mol. The van der Waals surface area contributed by atoms with Gasteiger partial charge >= 0.3 is 5.97 Å². The molecule has 0 saturated heterocycles. The standard InChI is InChI=1S/C22H27NO4/c1-3-16(2)21(18-7-5-4-6-8-18)22(26)23-14-13-17-9-11-19(12-10-17)27-15-20(24)25/h4-12,16,21H,3,13-15H2,1-2H3,(H,23,26)(H,24,25). The summed E-state index contributed by atoms with van der Waals surface area (Å²) >= 11 is 0. The first-order valence-electron chi connectivity index (χ1n) is 9.27. The van der Waals surface area contributed by atoms with E-state index in [-0.39, 0.29) is 24.3 Å². The number of carbonyl (C=O) groups excluding carboxylic acids is 1. The number of benzene rings is 2. The van der Waals surface area contributed by atoms with E-state index < -0.39 is 5.97 Å². The minimum absolute atomic E-state index is 0.0527. The molecule has 0 aliphatic heterocycles. The fourth-order valence-corrected chi connectivity index (χ4v) is 2.97. The average molecular weight is 369 g/mol. The van der Waals surface area contributed by atoms with Crippen LogP contribution in [0.2, 0.25) is 0 Å². The highest BCUT2D eigenvalue weighted by Gasteiger charge is 2.25. The summed E-state index contributed by atoms with van der Waals surface area (Å²) in [7, 11) is 0. The Labute approximate surface area is 160 Å². The Morgan fingerprint density at radius 2 is 1.74 bits per heavy atom. The Bertz CT molecular complexity index is 728. The van der Waals surface area contributed by atoms with Crippen molar-refractivity contribution >= 4 is 11.9 Å². The smallest absolute Gasteiger partial charge is 0.341 e. The molecule has 1 amide bonds. The van der Waals surface area contributed by atoms with Crippen molar-refractivity contribution < 1.29 is 19.4 Å². The number of carbonyl (C=O) groups is 2. The third-order valence-corrected chi connectivity index (χ3v) is 4.65. The quantitative estimate of drug-likeness (QED) is 0.670. The molecule has 0 bridgehead atoms. The molecule has 0 fully saturated rings. The molecule has 0 aliphatic rings. The summed E-state index contributed by atoms with van der Waals surface area (Å²) in [6, 6.07) is 17.1. The van der Waals surface area contributed by atoms with Crippen LogP contribution < -0.4 is 10.1 Å². The fourth-order valence-electron chi connectivity index (χ4n) is 2.97. The van der Waals surface area contributed by atoms with Crippen molar-refractivity contribution in [3.63, 3.8) is 0 Å². The Morgan fingerprint density at radius 1 is 1.07 bits per heavy atom. The monoisotopic (exact) mass is 369 g/mol. The number of carboxylic acid groups (broad SMARTS) is 1. The summed E-state index contributed by atoms with van der Waals surface area (Å²) in [6.45, 7) is 4.40. The lowest BCUT2D eigenvalue weighted by molar-refractivity contribution is -0.139. The van der Waals surface area contributed by atoms with Gasteiger partial charge in [0.25, 0.3) is 0 Å². The van der Waals surface area contributed by atoms with Gasteiger partial charge in [-0.2, -0.15) is 0 Å². The van der Waals surface area contributed by atoms with E-state index in [0.29, 0.717) is 18.7 Å². The molecule has 0 saturated carbocycles. The summed E-state index contributed by atoms with van der Waals surface area (Å²) in [5.74, 6) is -0.319. The van der Waals surface area contributed by atoms with Gasteiger partial charge in [0.05, 0.1) is 5.92 Å². The number of aliphatic carboxylic acids is 1. The topological polar surface area (TPSA) is 75.6 Å². The molecule has 5 nitrogen and oxygen atoms in total. The number of hydrogen-bond donors (Lipinski definition) is 2. The predicted octanol–water partition coefficient (Wildman–Crippen LogP) is 3.64. The van der Waals surface area contributed by atoms with Gasteiger partial charge in [-0.25, -0.2) is 4.79 Å². The number of rotatable bonds is 10. The SMILES string of the molecule is CCC(C)C(C(=O)NCCc1ccc(OCC(=O)O)cc1)c1ccccc1. The van der Waals surface area contributed by atoms with Crippen molar-refractivity contribution in [2.45, 2.75) is 32.6 Å². The van der Waals surface area contributed by atoms with E-state index in [2.05, 4.69) is 19.2 Å². The molecular formula is C22H27NO4. The number of hydrogen-bond acceptors (Lipinski definition) is 3. The molecule has 0 spiro atoms. The minimum atomic E-state index is -1.00. The Balaban J connectivity index is 1.89. The van der Waals surface area contributed by atoms with Gasteiger partial charge in [0.15, 0.2) is 6.61 Å². The second kappa shape index (κ2) is 10.4. The lowest BCUT2D eigenvalue weighted by Crippen LogP contribution is -2.34. The molecule has 0 radical (unpaired) electrons. The second-order valence-corrected chi connectivity index (χ2v) is 6.64. The largest absolute Gasteiger partial charge is 0.482 e. The Kier molecular flexibility index (Phi) is 7.86. The normalized spacial score (nSPS) is 12.8. The van der Waals surface area contributed by atoms with E-state index in [0.717, 1.165) is 17.5 Å². The van der Waals surface area contributed by atoms with Gasteiger partial charge < -0.3 is 15.2 Å². The third-order valence-electron chi connectivity index (χ3n) is 4.65. The first-order chi connectivity index (χ1) is 13.0. The molecule has 2 aromatic rings. The zero-order valence-corrected chi connectivity index (χ0v) is 15.9. The summed E-state index contributed by atoms with van der Waals surface area (Å²) in [5.41, 5.74) is 2.10. The molecule has 0 aromatic heterocycles. The van der Waals surface area contributed by atoms with E-state index in [4.69, 9.17) is 9.84 Å². The lowest BCUT2D eigenvalue weighted by Gasteiger charge is -2.22. The molecule has 2 rings (SSSR count). The van der Waals surface area contributed by atoms with E-state index in [1.54, 1.807) is 12.1 Å². The van der Waals surface area contributed by atoms with E-state index >= 15 is 0 Å². The molecule has 2 unspecified atom stereocenters. The van der Waals surface area contributed by atoms with Crippen molar-refractivity contribution in [1.82, 2.24) is 5.32 Å². The highest BCUT2D eigenvalue weighted by atomic mass is 16.5. The number of nitrogens with one attached hydrogen (secondary N) is 1. The van der Waals surface area contributed by atoms with Crippen molar-refractivity contribution in [2.24, 2.45) is 5.92 Å². The molecule has 144 valence electrons. The van der Waals surface area contributed by atoms with Gasteiger partial charge in [0.2, 0.25) is 5.91 Å². The van der Waals surface area contributed by atoms with Gasteiger partial charge in [-0.1, -0.05) is 62.7 Å². The highest BCUT2D eigenvalue weighted by molar-refractivity contribution is 5.84. The summed E-state index contributed by atoms with van der Waals surface area (Å²) in [5, 5.41) is 11.7. The van der Waals surface area contributed by atoms with E-state index in [1.165, 1.54) is 0 Å². The zero-order chi connectivity index (χ0) is 19.6. The van der Waals surface area contributed by atoms with Crippen molar-refractivity contribution in [1.29, 1.82) is 0 Å². The van der Waals surface area contributed by atoms with Crippen LogP contribution >= 0.6 is 0 Å². The van der Waals surface area contributed by atoms with Crippen molar-refractivity contribution in [3.8, 4) is 5.75 Å². The van der Waals surface area contributed by atoms with Gasteiger partial charge in [0.1, 0.15) is 5.75 Å². The lowest BCUT2D eigenvalue weighted by atomic mass is 9.85. The molecule has 2 N–H and O–H groups in total.